The van der Waals surface area contributed by atoms with Crippen LogP contribution in [-0.2, 0) is 9.53 Å². The van der Waals surface area contributed by atoms with Crippen molar-refractivity contribution in [1.82, 2.24) is 0 Å². The van der Waals surface area contributed by atoms with Crippen molar-refractivity contribution in [2.45, 2.75) is 25.3 Å². The number of ether oxygens (including phenoxy) is 1. The summed E-state index contributed by atoms with van der Waals surface area (Å²) < 4.78 is 18.5. The molecule has 1 fully saturated rings. The predicted octanol–water partition coefficient (Wildman–Crippen LogP) is 1.69. The number of amides is 1. The molecule has 0 atom stereocenters. The van der Waals surface area contributed by atoms with Gasteiger partial charge < -0.3 is 15.4 Å². The highest BCUT2D eigenvalue weighted by Gasteiger charge is 2.39. The fraction of sp³-hybridized carbons (Fsp3) is 0.500. The summed E-state index contributed by atoms with van der Waals surface area (Å²) in [6, 6.07) is 6.01. The van der Waals surface area contributed by atoms with E-state index in [-0.39, 0.29) is 11.7 Å². The van der Waals surface area contributed by atoms with Crippen LogP contribution in [0.15, 0.2) is 24.3 Å². The highest BCUT2D eigenvalue weighted by Crippen LogP contribution is 2.24. The number of nitrogens with two attached hydrogens (primary N) is 1. The van der Waals surface area contributed by atoms with Gasteiger partial charge >= 0.3 is 0 Å². The average molecular weight is 266 g/mol. The molecule has 2 N–H and O–H groups in total. The maximum atomic E-state index is 13.3. The molecule has 1 aliphatic heterocycles. The first-order valence-corrected chi connectivity index (χ1v) is 6.51. The third kappa shape index (κ3) is 2.93. The van der Waals surface area contributed by atoms with Crippen LogP contribution in [0.4, 0.5) is 10.1 Å². The van der Waals surface area contributed by atoms with Crippen LogP contribution < -0.4 is 10.6 Å². The zero-order valence-corrected chi connectivity index (χ0v) is 11.1. The SMILES string of the molecule is CCN(C(=O)C1(N)CCOCC1)c1cccc(F)c1. The van der Waals surface area contributed by atoms with Gasteiger partial charge in [-0.25, -0.2) is 4.39 Å². The van der Waals surface area contributed by atoms with Gasteiger partial charge in [0.1, 0.15) is 11.4 Å². The predicted molar refractivity (Wildman–Crippen MR) is 71.4 cm³/mol. The van der Waals surface area contributed by atoms with Crippen molar-refractivity contribution in [3.05, 3.63) is 30.1 Å². The first kappa shape index (κ1) is 14.0. The number of nitrogens with zero attached hydrogens (tertiary/aromatic N) is 1. The number of benzene rings is 1. The molecule has 1 aromatic rings. The molecular weight excluding hydrogens is 247 g/mol. The van der Waals surface area contributed by atoms with E-state index < -0.39 is 5.54 Å². The largest absolute Gasteiger partial charge is 0.381 e. The van der Waals surface area contributed by atoms with E-state index >= 15 is 0 Å². The highest BCUT2D eigenvalue weighted by atomic mass is 19.1. The Morgan fingerprint density at radius 1 is 1.47 bits per heavy atom. The highest BCUT2D eigenvalue weighted by molar-refractivity contribution is 6.00. The summed E-state index contributed by atoms with van der Waals surface area (Å²) >= 11 is 0. The summed E-state index contributed by atoms with van der Waals surface area (Å²) in [6.07, 6.45) is 0.995. The second-order valence-electron chi connectivity index (χ2n) is 4.80. The summed E-state index contributed by atoms with van der Waals surface area (Å²) in [5.74, 6) is -0.523. The monoisotopic (exact) mass is 266 g/mol. The molecule has 0 spiro atoms. The minimum atomic E-state index is -0.902. The van der Waals surface area contributed by atoms with E-state index in [1.54, 1.807) is 12.1 Å². The molecular formula is C14H19FN2O2. The lowest BCUT2D eigenvalue weighted by molar-refractivity contribution is -0.127. The Hall–Kier alpha value is -1.46. The Labute approximate surface area is 112 Å². The molecule has 1 aliphatic rings. The molecule has 5 heteroatoms. The summed E-state index contributed by atoms with van der Waals surface area (Å²) in [6.45, 7) is 3.29. The van der Waals surface area contributed by atoms with Gasteiger partial charge in [0.2, 0.25) is 5.91 Å². The van der Waals surface area contributed by atoms with E-state index in [0.29, 0.717) is 38.3 Å². The summed E-state index contributed by atoms with van der Waals surface area (Å²) in [5, 5.41) is 0. The molecule has 0 radical (unpaired) electrons. The maximum Gasteiger partial charge on any atom is 0.247 e. The third-order valence-electron chi connectivity index (χ3n) is 3.49. The van der Waals surface area contributed by atoms with Gasteiger partial charge in [-0.2, -0.15) is 0 Å². The van der Waals surface area contributed by atoms with E-state index in [1.807, 2.05) is 6.92 Å². The Bertz CT molecular complexity index is 459. The molecule has 4 nitrogen and oxygen atoms in total. The van der Waals surface area contributed by atoms with Crippen LogP contribution in [0.3, 0.4) is 0 Å². The Morgan fingerprint density at radius 2 is 2.16 bits per heavy atom. The van der Waals surface area contributed by atoms with Gasteiger partial charge in [0, 0.05) is 25.4 Å². The molecule has 1 saturated heterocycles. The van der Waals surface area contributed by atoms with E-state index in [9.17, 15) is 9.18 Å². The number of hydrogen-bond acceptors (Lipinski definition) is 3. The van der Waals surface area contributed by atoms with Crippen molar-refractivity contribution >= 4 is 11.6 Å². The summed E-state index contributed by atoms with van der Waals surface area (Å²) in [5.41, 5.74) is 5.83. The first-order chi connectivity index (χ1) is 9.07. The second-order valence-corrected chi connectivity index (χ2v) is 4.80. The zero-order valence-electron chi connectivity index (χ0n) is 11.1. The van der Waals surface area contributed by atoms with E-state index in [4.69, 9.17) is 10.5 Å². The molecule has 1 amide bonds. The molecule has 19 heavy (non-hydrogen) atoms. The molecule has 1 aromatic carbocycles. The Balaban J connectivity index is 2.24. The van der Waals surface area contributed by atoms with Crippen molar-refractivity contribution in [3.8, 4) is 0 Å². The molecule has 0 aliphatic carbocycles. The van der Waals surface area contributed by atoms with Crippen molar-refractivity contribution < 1.29 is 13.9 Å². The fourth-order valence-electron chi connectivity index (χ4n) is 2.31. The van der Waals surface area contributed by atoms with Crippen LogP contribution in [0.2, 0.25) is 0 Å². The zero-order chi connectivity index (χ0) is 13.9. The molecule has 0 aromatic heterocycles. The van der Waals surface area contributed by atoms with Crippen molar-refractivity contribution in [2.75, 3.05) is 24.7 Å². The molecule has 0 bridgehead atoms. The molecule has 1 heterocycles. The fourth-order valence-corrected chi connectivity index (χ4v) is 2.31. The quantitative estimate of drug-likeness (QED) is 0.905. The van der Waals surface area contributed by atoms with Gasteiger partial charge in [-0.05, 0) is 38.0 Å². The molecule has 0 unspecified atom stereocenters. The van der Waals surface area contributed by atoms with E-state index in [1.165, 1.54) is 17.0 Å². The molecule has 2 rings (SSSR count). The van der Waals surface area contributed by atoms with E-state index in [2.05, 4.69) is 0 Å². The first-order valence-electron chi connectivity index (χ1n) is 6.51. The number of carbonyl (C=O) groups excluding carboxylic acids is 1. The maximum absolute atomic E-state index is 13.3. The topological polar surface area (TPSA) is 55.6 Å². The summed E-state index contributed by atoms with van der Waals surface area (Å²) in [7, 11) is 0. The third-order valence-corrected chi connectivity index (χ3v) is 3.49. The minimum Gasteiger partial charge on any atom is -0.381 e. The minimum absolute atomic E-state index is 0.163. The van der Waals surface area contributed by atoms with Gasteiger partial charge in [0.15, 0.2) is 0 Å². The standard InChI is InChI=1S/C14H19FN2O2/c1-2-17(12-5-3-4-11(15)10-12)13(18)14(16)6-8-19-9-7-14/h3-5,10H,2,6-9,16H2,1H3. The number of likely N-dealkylation sites (N-methyl/N-ethyl adjacent to an activating group) is 1. The van der Waals surface area contributed by atoms with Crippen LogP contribution >= 0.6 is 0 Å². The van der Waals surface area contributed by atoms with Gasteiger partial charge in [-0.3, -0.25) is 4.79 Å². The molecule has 104 valence electrons. The summed E-state index contributed by atoms with van der Waals surface area (Å²) in [4.78, 5) is 14.1. The number of hydrogen-bond donors (Lipinski definition) is 1. The van der Waals surface area contributed by atoms with Crippen molar-refractivity contribution in [3.63, 3.8) is 0 Å². The Kier molecular flexibility index (Phi) is 4.17. The lowest BCUT2D eigenvalue weighted by Gasteiger charge is -2.36. The average Bonchev–Trinajstić information content (AvgIpc) is 2.40. The van der Waals surface area contributed by atoms with Gasteiger partial charge in [-0.15, -0.1) is 0 Å². The van der Waals surface area contributed by atoms with E-state index in [0.717, 1.165) is 0 Å². The van der Waals surface area contributed by atoms with Crippen LogP contribution in [0.1, 0.15) is 19.8 Å². The van der Waals surface area contributed by atoms with Crippen molar-refractivity contribution in [1.29, 1.82) is 0 Å². The van der Waals surface area contributed by atoms with Crippen LogP contribution in [-0.4, -0.2) is 31.2 Å². The Morgan fingerprint density at radius 3 is 2.74 bits per heavy atom. The number of rotatable bonds is 3. The smallest absolute Gasteiger partial charge is 0.247 e. The van der Waals surface area contributed by atoms with Crippen LogP contribution in [0.5, 0.6) is 0 Å². The van der Waals surface area contributed by atoms with Crippen LogP contribution in [0.25, 0.3) is 0 Å². The van der Waals surface area contributed by atoms with Gasteiger partial charge in [0.05, 0.1) is 0 Å². The number of anilines is 1. The van der Waals surface area contributed by atoms with Crippen molar-refractivity contribution in [2.24, 2.45) is 5.73 Å². The lowest BCUT2D eigenvalue weighted by Crippen LogP contribution is -2.58. The van der Waals surface area contributed by atoms with Crippen LogP contribution in [0, 0.1) is 5.82 Å². The second kappa shape index (κ2) is 5.67. The lowest BCUT2D eigenvalue weighted by atomic mass is 9.89. The van der Waals surface area contributed by atoms with Gasteiger partial charge in [0.25, 0.3) is 0 Å². The molecule has 0 saturated carbocycles. The normalized spacial score (nSPS) is 18.1. The number of carbonyl (C=O) groups is 1. The van der Waals surface area contributed by atoms with Gasteiger partial charge in [-0.1, -0.05) is 6.07 Å². The number of halogens is 1.